The third-order valence-electron chi connectivity index (χ3n) is 7.53. The fraction of sp³-hybridized carbons (Fsp3) is 0.760. The third kappa shape index (κ3) is 6.46. The maximum absolute atomic E-state index is 14.3. The number of unbranched alkanes of at least 4 members (excludes halogenated alkanes) is 1. The molecule has 2 aliphatic rings. The van der Waals surface area contributed by atoms with Gasteiger partial charge in [-0.3, -0.25) is 0 Å². The van der Waals surface area contributed by atoms with E-state index in [4.69, 9.17) is 0 Å². The van der Waals surface area contributed by atoms with Crippen LogP contribution in [0.3, 0.4) is 0 Å². The van der Waals surface area contributed by atoms with E-state index in [2.05, 4.69) is 6.92 Å². The maximum atomic E-state index is 14.3. The molecule has 0 aliphatic heterocycles. The first kappa shape index (κ1) is 22.6. The number of hydrogen-bond acceptors (Lipinski definition) is 0. The Balaban J connectivity index is 1.40. The average Bonchev–Trinajstić information content (AvgIpc) is 2.71. The van der Waals surface area contributed by atoms with Crippen LogP contribution in [0.15, 0.2) is 18.2 Å². The van der Waals surface area contributed by atoms with Crippen molar-refractivity contribution in [3.8, 4) is 0 Å². The van der Waals surface area contributed by atoms with Gasteiger partial charge in [0.15, 0.2) is 0 Å². The Morgan fingerprint density at radius 1 is 0.793 bits per heavy atom. The summed E-state index contributed by atoms with van der Waals surface area (Å²) < 4.78 is 52.5. The molecule has 0 spiro atoms. The third-order valence-corrected chi connectivity index (χ3v) is 7.53. The highest BCUT2D eigenvalue weighted by Crippen LogP contribution is 2.41. The molecule has 0 heterocycles. The Morgan fingerprint density at radius 3 is 1.79 bits per heavy atom. The van der Waals surface area contributed by atoms with Crippen LogP contribution in [-0.4, -0.2) is 0 Å². The van der Waals surface area contributed by atoms with Crippen LogP contribution in [0, 0.1) is 23.6 Å². The minimum atomic E-state index is -4.48. The van der Waals surface area contributed by atoms with Gasteiger partial charge < -0.3 is 0 Å². The van der Waals surface area contributed by atoms with E-state index in [0.29, 0.717) is 17.5 Å². The molecule has 3 rings (SSSR count). The summed E-state index contributed by atoms with van der Waals surface area (Å²) in [6.45, 7) is 2.27. The number of alkyl halides is 3. The van der Waals surface area contributed by atoms with Crippen molar-refractivity contribution < 1.29 is 17.6 Å². The van der Waals surface area contributed by atoms with E-state index in [1.54, 1.807) is 0 Å². The van der Waals surface area contributed by atoms with Crippen molar-refractivity contribution in [2.75, 3.05) is 0 Å². The van der Waals surface area contributed by atoms with Crippen LogP contribution in [-0.2, 0) is 6.18 Å². The Morgan fingerprint density at radius 2 is 1.31 bits per heavy atom. The summed E-state index contributed by atoms with van der Waals surface area (Å²) in [5, 5.41) is 0. The van der Waals surface area contributed by atoms with Gasteiger partial charge in [-0.15, -0.1) is 0 Å². The lowest BCUT2D eigenvalue weighted by molar-refractivity contribution is -0.137. The quantitative estimate of drug-likeness (QED) is 0.392. The molecule has 0 radical (unpaired) electrons. The Bertz CT molecular complexity index is 620. The van der Waals surface area contributed by atoms with Crippen molar-refractivity contribution in [2.24, 2.45) is 17.8 Å². The number of rotatable bonds is 7. The molecule has 0 N–H and O–H groups in total. The zero-order valence-corrected chi connectivity index (χ0v) is 17.7. The summed E-state index contributed by atoms with van der Waals surface area (Å²) in [6, 6.07) is 3.06. The minimum absolute atomic E-state index is 0.0718. The highest BCUT2D eigenvalue weighted by atomic mass is 19.4. The van der Waals surface area contributed by atoms with Gasteiger partial charge in [-0.2, -0.15) is 13.2 Å². The van der Waals surface area contributed by atoms with E-state index in [1.165, 1.54) is 63.9 Å². The van der Waals surface area contributed by atoms with Crippen molar-refractivity contribution >= 4 is 0 Å². The first-order valence-electron chi connectivity index (χ1n) is 11.7. The van der Waals surface area contributed by atoms with Gasteiger partial charge in [-0.05, 0) is 67.1 Å². The van der Waals surface area contributed by atoms with Crippen molar-refractivity contribution in [3.05, 3.63) is 35.1 Å². The Hall–Kier alpha value is -1.06. The molecule has 1 aromatic rings. The lowest BCUT2D eigenvalue weighted by Gasteiger charge is -2.32. The van der Waals surface area contributed by atoms with Crippen molar-refractivity contribution in [3.63, 3.8) is 0 Å². The molecular weight excluding hydrogens is 376 g/mol. The summed E-state index contributed by atoms with van der Waals surface area (Å²) in [7, 11) is 0. The van der Waals surface area contributed by atoms with Crippen molar-refractivity contribution in [1.29, 1.82) is 0 Å². The second-order valence-electron chi connectivity index (χ2n) is 9.56. The summed E-state index contributed by atoms with van der Waals surface area (Å²) >= 11 is 0. The summed E-state index contributed by atoms with van der Waals surface area (Å²) in [4.78, 5) is 0. The Kier molecular flexibility index (Phi) is 8.04. The molecule has 2 aliphatic carbocycles. The first-order valence-corrected chi connectivity index (χ1v) is 11.7. The fourth-order valence-electron chi connectivity index (χ4n) is 5.57. The largest absolute Gasteiger partial charge is 0.416 e. The van der Waals surface area contributed by atoms with E-state index in [0.717, 1.165) is 43.6 Å². The van der Waals surface area contributed by atoms with Crippen molar-refractivity contribution in [2.45, 2.75) is 102 Å². The maximum Gasteiger partial charge on any atom is 0.416 e. The molecule has 0 saturated heterocycles. The summed E-state index contributed by atoms with van der Waals surface area (Å²) in [6.07, 6.45) is 11.8. The molecule has 0 atom stereocenters. The topological polar surface area (TPSA) is 0 Å². The minimum Gasteiger partial charge on any atom is -0.207 e. The average molecular weight is 413 g/mol. The van der Waals surface area contributed by atoms with E-state index < -0.39 is 17.6 Å². The predicted molar refractivity (Wildman–Crippen MR) is 110 cm³/mol. The van der Waals surface area contributed by atoms with E-state index >= 15 is 0 Å². The number of benzene rings is 1. The SMILES string of the molecule is CCCCC1CCC(CCC2CCC(c3ccc(C(F)(F)F)cc3F)CC2)CC1. The lowest BCUT2D eigenvalue weighted by atomic mass is 9.74. The zero-order chi connectivity index (χ0) is 20.9. The predicted octanol–water partition coefficient (Wildman–Crippen LogP) is 8.90. The van der Waals surface area contributed by atoms with Gasteiger partial charge in [0.05, 0.1) is 5.56 Å². The second kappa shape index (κ2) is 10.3. The smallest absolute Gasteiger partial charge is 0.207 e. The van der Waals surface area contributed by atoms with Gasteiger partial charge >= 0.3 is 6.18 Å². The highest BCUT2D eigenvalue weighted by Gasteiger charge is 2.32. The molecule has 1 aromatic carbocycles. The molecule has 2 fully saturated rings. The van der Waals surface area contributed by atoms with Gasteiger partial charge in [-0.25, -0.2) is 4.39 Å². The Labute approximate surface area is 173 Å². The summed E-state index contributed by atoms with van der Waals surface area (Å²) in [5.41, 5.74) is -0.418. The first-order chi connectivity index (χ1) is 13.9. The normalized spacial score (nSPS) is 28.4. The van der Waals surface area contributed by atoms with E-state index in [-0.39, 0.29) is 5.92 Å². The van der Waals surface area contributed by atoms with Gasteiger partial charge in [0.2, 0.25) is 0 Å². The van der Waals surface area contributed by atoms with Crippen LogP contribution >= 0.6 is 0 Å². The molecule has 2 saturated carbocycles. The molecule has 0 unspecified atom stereocenters. The second-order valence-corrected chi connectivity index (χ2v) is 9.56. The zero-order valence-electron chi connectivity index (χ0n) is 17.7. The molecule has 0 nitrogen and oxygen atoms in total. The van der Waals surface area contributed by atoms with Crippen LogP contribution in [0.25, 0.3) is 0 Å². The van der Waals surface area contributed by atoms with Gasteiger partial charge in [-0.1, -0.05) is 70.8 Å². The number of hydrogen-bond donors (Lipinski definition) is 0. The van der Waals surface area contributed by atoms with E-state index in [9.17, 15) is 17.6 Å². The van der Waals surface area contributed by atoms with Gasteiger partial charge in [0, 0.05) is 0 Å². The highest BCUT2D eigenvalue weighted by molar-refractivity contribution is 5.29. The van der Waals surface area contributed by atoms with E-state index in [1.807, 2.05) is 0 Å². The lowest BCUT2D eigenvalue weighted by Crippen LogP contribution is -2.18. The molecule has 164 valence electrons. The fourth-order valence-corrected chi connectivity index (χ4v) is 5.57. The van der Waals surface area contributed by atoms with Crippen LogP contribution in [0.2, 0.25) is 0 Å². The molecule has 0 amide bonds. The molecule has 29 heavy (non-hydrogen) atoms. The summed E-state index contributed by atoms with van der Waals surface area (Å²) in [5.74, 6) is 1.94. The molecule has 0 aromatic heterocycles. The van der Waals surface area contributed by atoms with Crippen LogP contribution in [0.5, 0.6) is 0 Å². The van der Waals surface area contributed by atoms with Crippen LogP contribution in [0.1, 0.15) is 107 Å². The van der Waals surface area contributed by atoms with Gasteiger partial charge in [0.1, 0.15) is 5.82 Å². The number of halogens is 4. The monoisotopic (exact) mass is 412 g/mol. The molecule has 0 bridgehead atoms. The van der Waals surface area contributed by atoms with Crippen LogP contribution < -0.4 is 0 Å². The molecule has 4 heteroatoms. The standard InChI is InChI=1S/C25H36F4/c1-2-3-4-18-5-7-19(8-6-18)9-10-20-11-13-21(14-12-20)23-16-15-22(17-24(23)26)25(27,28)29/h15-21H,2-14H2,1H3. The van der Waals surface area contributed by atoms with Crippen LogP contribution in [0.4, 0.5) is 17.6 Å². The van der Waals surface area contributed by atoms with Gasteiger partial charge in [0.25, 0.3) is 0 Å². The van der Waals surface area contributed by atoms with Crippen molar-refractivity contribution in [1.82, 2.24) is 0 Å². The molecular formula is C25H36F4.